The number of carbonyl (C=O) groups is 7. The van der Waals surface area contributed by atoms with Crippen LogP contribution in [0.1, 0.15) is 58.9 Å². The molecule has 0 radical (unpaired) electrons. The average molecular weight is 965 g/mol. The molecule has 6 amide bonds. The Morgan fingerprint density at radius 1 is 1.11 bits per heavy atom. The number of nitrogens with one attached hydrogen (secondary N) is 2. The van der Waals surface area contributed by atoms with E-state index in [1.165, 1.54) is 71.7 Å². The fourth-order valence-electron chi connectivity index (χ4n) is 7.83. The molecule has 1 aromatic rings. The first kappa shape index (κ1) is 51.4. The van der Waals surface area contributed by atoms with E-state index in [4.69, 9.17) is 35.3 Å². The van der Waals surface area contributed by atoms with Gasteiger partial charge in [0.05, 0.1) is 25.3 Å². The fourth-order valence-corrected chi connectivity index (χ4v) is 10.0. The highest BCUT2D eigenvalue weighted by Crippen LogP contribution is 2.49. The van der Waals surface area contributed by atoms with E-state index in [0.29, 0.717) is 35.9 Å². The maximum atomic E-state index is 14.3. The van der Waals surface area contributed by atoms with Gasteiger partial charge in [-0.05, 0) is 44.9 Å². The van der Waals surface area contributed by atoms with Gasteiger partial charge in [-0.15, -0.1) is 0 Å². The van der Waals surface area contributed by atoms with Gasteiger partial charge in [0.2, 0.25) is 17.7 Å². The second-order valence-electron chi connectivity index (χ2n) is 16.6. The van der Waals surface area contributed by atoms with E-state index in [0.717, 1.165) is 16.0 Å². The van der Waals surface area contributed by atoms with Gasteiger partial charge < -0.3 is 43.9 Å². The summed E-state index contributed by atoms with van der Waals surface area (Å²) < 4.78 is 29.3. The number of rotatable bonds is 15. The highest BCUT2D eigenvalue weighted by atomic mass is 35.5. The Bertz CT molecular complexity index is 2090. The van der Waals surface area contributed by atoms with Crippen molar-refractivity contribution in [3.63, 3.8) is 0 Å². The molecule has 0 aromatic heterocycles. The molecule has 1 aromatic carbocycles. The van der Waals surface area contributed by atoms with Crippen molar-refractivity contribution in [2.75, 3.05) is 57.8 Å². The largest absolute Gasteiger partial charge is 0.495 e. The number of aliphatic hydroxyl groups is 1. The van der Waals surface area contributed by atoms with E-state index in [-0.39, 0.29) is 49.1 Å². The molecular weight excluding hydrogens is 906 g/mol. The highest BCUT2D eigenvalue weighted by Gasteiger charge is 2.64. The van der Waals surface area contributed by atoms with Crippen LogP contribution >= 0.6 is 33.2 Å². The van der Waals surface area contributed by atoms with Gasteiger partial charge in [0.1, 0.15) is 40.7 Å². The molecule has 4 aliphatic heterocycles. The number of anilines is 1. The number of carbonyl (C=O) groups excluding carboxylic acids is 7. The maximum Gasteiger partial charge on any atom is 0.409 e. The fraction of sp³-hybridized carbons (Fsp3) is 0.568. The zero-order chi connectivity index (χ0) is 47.8. The van der Waals surface area contributed by atoms with Gasteiger partial charge >= 0.3 is 12.1 Å². The van der Waals surface area contributed by atoms with E-state index in [1.54, 1.807) is 45.2 Å². The van der Waals surface area contributed by atoms with E-state index >= 15 is 0 Å². The molecule has 3 N–H and O–H groups in total. The van der Waals surface area contributed by atoms with Crippen molar-refractivity contribution in [1.29, 1.82) is 0 Å². The normalized spacial score (nSPS) is 28.6. The number of benzene rings is 1. The molecule has 4 bridgehead atoms. The number of fused-ring (bicyclic) bond motifs is 5. The molecule has 0 spiro atoms. The SMILES string of the molecule is COc1cc2cc(c1Cl)N(C)C(=O)C[C@H](OC(=O)[C@H](C)N(C)C(=O)CCSSCCNC(=O)CCN1C(=O)C=CC1=O)[C@]1(C)O[C@H]1[C@H](C)[C@@H]1C[C@@](O)(NC(=O)O1)[C@H](OC)/C=C/C=C(\C)C2. The minimum Gasteiger partial charge on any atom is -0.495 e. The molecule has 21 heteroatoms. The predicted octanol–water partition coefficient (Wildman–Crippen LogP) is 3.72. The van der Waals surface area contributed by atoms with E-state index < -0.39 is 77.5 Å². The number of epoxide rings is 1. The quantitative estimate of drug-likeness (QED) is 0.0750. The molecule has 8 atom stereocenters. The van der Waals surface area contributed by atoms with Crippen molar-refractivity contribution in [2.45, 2.75) is 102 Å². The number of likely N-dealkylation sites (N-methyl/N-ethyl adjacent to an activating group) is 1. The van der Waals surface area contributed by atoms with Crippen LogP contribution in [0, 0.1) is 5.92 Å². The number of methoxy groups -OCH3 is 2. The first-order valence-electron chi connectivity index (χ1n) is 21.1. The van der Waals surface area contributed by atoms with Crippen molar-refractivity contribution in [2.24, 2.45) is 5.92 Å². The van der Waals surface area contributed by atoms with Crippen molar-refractivity contribution in [3.8, 4) is 5.75 Å². The summed E-state index contributed by atoms with van der Waals surface area (Å²) in [6.07, 6.45) is 3.00. The second kappa shape index (κ2) is 22.3. The number of halogens is 1. The Kier molecular flexibility index (Phi) is 17.6. The lowest BCUT2D eigenvalue weighted by atomic mass is 9.83. The average Bonchev–Trinajstić information content (AvgIpc) is 3.86. The zero-order valence-corrected chi connectivity index (χ0v) is 40.1. The Morgan fingerprint density at radius 3 is 2.48 bits per heavy atom. The molecule has 0 unspecified atom stereocenters. The molecule has 356 valence electrons. The zero-order valence-electron chi connectivity index (χ0n) is 37.8. The molecule has 4 heterocycles. The molecule has 2 fully saturated rings. The Hall–Kier alpha value is -4.60. The van der Waals surface area contributed by atoms with Crippen molar-refractivity contribution < 1.29 is 62.4 Å². The van der Waals surface area contributed by atoms with Gasteiger partial charge in [-0.3, -0.25) is 34.2 Å². The van der Waals surface area contributed by atoms with Gasteiger partial charge in [-0.1, -0.05) is 63.9 Å². The topological polar surface area (TPSA) is 223 Å². The summed E-state index contributed by atoms with van der Waals surface area (Å²) in [5.41, 5.74) is -1.09. The van der Waals surface area contributed by atoms with Gasteiger partial charge in [0, 0.05) is 83.1 Å². The first-order valence-corrected chi connectivity index (χ1v) is 24.0. The molecule has 5 rings (SSSR count). The Morgan fingerprint density at radius 2 is 1.80 bits per heavy atom. The van der Waals surface area contributed by atoms with E-state index in [9.17, 15) is 38.7 Å². The van der Waals surface area contributed by atoms with Crippen molar-refractivity contribution in [1.82, 2.24) is 20.4 Å². The summed E-state index contributed by atoms with van der Waals surface area (Å²) in [5, 5.41) is 17.2. The van der Waals surface area contributed by atoms with Gasteiger partial charge in [-0.25, -0.2) is 9.59 Å². The van der Waals surface area contributed by atoms with Crippen molar-refractivity contribution >= 4 is 80.5 Å². The molecule has 0 aliphatic carbocycles. The third-order valence-corrected chi connectivity index (χ3v) is 14.8. The van der Waals surface area contributed by atoms with Crippen LogP contribution in [0.15, 0.2) is 48.1 Å². The minimum atomic E-state index is -1.86. The number of esters is 1. The highest BCUT2D eigenvalue weighted by molar-refractivity contribution is 8.76. The third-order valence-electron chi connectivity index (χ3n) is 12.0. The van der Waals surface area contributed by atoms with Crippen molar-refractivity contribution in [3.05, 3.63) is 58.7 Å². The minimum absolute atomic E-state index is 0.00129. The van der Waals surface area contributed by atoms with Crippen LogP contribution < -0.4 is 20.3 Å². The number of hydrogen-bond donors (Lipinski definition) is 3. The number of nitrogens with zero attached hydrogens (tertiary/aromatic N) is 3. The second-order valence-corrected chi connectivity index (χ2v) is 19.6. The standard InChI is InChI=1S/C44H58ClN5O13S2/c1-25-10-9-11-32(60-8)44(58)24-31(61-42(57)47-44)26(2)40-43(4,63-40)33(23-38(55)49(6)29-21-28(20-25)22-30(59-7)39(29)45)62-41(56)27(3)48(5)35(52)15-18-64-65-19-16-46-34(51)14-17-50-36(53)12-13-37(50)54/h9-13,21-22,26-27,31-33,40,58H,14-20,23-24H2,1-8H3,(H,46,51)(H,47,57)/b11-9+,25-10+/t26-,27+,31+,32-,33+,40+,43+,44+/m1/s1. The number of imide groups is 1. The molecule has 18 nitrogen and oxygen atoms in total. The van der Waals surface area contributed by atoms with E-state index in [2.05, 4.69) is 10.6 Å². The molecule has 0 saturated carbocycles. The molecule has 2 saturated heterocycles. The number of hydrogen-bond acceptors (Lipinski definition) is 15. The lowest BCUT2D eigenvalue weighted by Crippen LogP contribution is -2.63. The number of ether oxygens (including phenoxy) is 5. The lowest BCUT2D eigenvalue weighted by Gasteiger charge is -2.42. The third kappa shape index (κ3) is 12.6. The van der Waals surface area contributed by atoms with E-state index in [1.807, 2.05) is 13.0 Å². The molecule has 4 aliphatic rings. The van der Waals surface area contributed by atoms with Crippen LogP contribution in [0.5, 0.6) is 5.75 Å². The Balaban J connectivity index is 1.26. The molecular formula is C44H58ClN5O13S2. The molecule has 65 heavy (non-hydrogen) atoms. The Labute approximate surface area is 391 Å². The monoisotopic (exact) mass is 963 g/mol. The summed E-state index contributed by atoms with van der Waals surface area (Å²) in [6.45, 7) is 7.25. The van der Waals surface area contributed by atoms with Crippen LogP contribution in [-0.2, 0) is 54.1 Å². The first-order chi connectivity index (χ1) is 30.7. The van der Waals surface area contributed by atoms with Crippen LogP contribution in [0.25, 0.3) is 0 Å². The van der Waals surface area contributed by atoms with Gasteiger partial charge in [-0.2, -0.15) is 0 Å². The maximum absolute atomic E-state index is 14.3. The van der Waals surface area contributed by atoms with Gasteiger partial charge in [0.15, 0.2) is 5.72 Å². The predicted molar refractivity (Wildman–Crippen MR) is 244 cm³/mol. The summed E-state index contributed by atoms with van der Waals surface area (Å²) in [6, 6.07) is 2.49. The summed E-state index contributed by atoms with van der Waals surface area (Å²) in [5.74, 6) is -2.04. The van der Waals surface area contributed by atoms with Crippen LogP contribution in [0.4, 0.5) is 10.5 Å². The summed E-state index contributed by atoms with van der Waals surface area (Å²) in [7, 11) is 8.80. The smallest absolute Gasteiger partial charge is 0.409 e. The van der Waals surface area contributed by atoms with Gasteiger partial charge in [0.25, 0.3) is 11.8 Å². The number of alkyl carbamates (subject to hydrolysis) is 1. The summed E-state index contributed by atoms with van der Waals surface area (Å²) in [4.78, 5) is 93.5. The lowest BCUT2D eigenvalue weighted by molar-refractivity contribution is -0.162. The summed E-state index contributed by atoms with van der Waals surface area (Å²) >= 11 is 6.79. The number of amides is 6. The van der Waals surface area contributed by atoms with Crippen LogP contribution in [0.3, 0.4) is 0 Å². The van der Waals surface area contributed by atoms with Crippen LogP contribution in [-0.4, -0.2) is 151 Å². The van der Waals surface area contributed by atoms with Crippen LogP contribution in [0.2, 0.25) is 5.02 Å². The number of allylic oxidation sites excluding steroid dienone is 3.